The van der Waals surface area contributed by atoms with Gasteiger partial charge < -0.3 is 19.9 Å². The number of nitrogens with zero attached hydrogens (tertiary/aromatic N) is 4. The highest BCUT2D eigenvalue weighted by Crippen LogP contribution is 2.32. The van der Waals surface area contributed by atoms with Crippen LogP contribution in [0, 0.1) is 0 Å². The number of rotatable bonds is 8. The van der Waals surface area contributed by atoms with Crippen LogP contribution in [0.2, 0.25) is 0 Å². The molecule has 2 heterocycles. The van der Waals surface area contributed by atoms with Crippen molar-refractivity contribution < 1.29 is 22.7 Å². The second kappa shape index (κ2) is 11.0. The molecule has 0 unspecified atom stereocenters. The third-order valence-electron chi connectivity index (χ3n) is 4.75. The summed E-state index contributed by atoms with van der Waals surface area (Å²) >= 11 is 1.13. The van der Waals surface area contributed by atoms with Crippen molar-refractivity contribution in [3.63, 3.8) is 0 Å². The molecule has 174 valence electrons. The number of carbonyl (C=O) groups excluding carboxylic acids is 1. The Hall–Kier alpha value is -2.37. The fourth-order valence-corrected chi connectivity index (χ4v) is 3.78. The summed E-state index contributed by atoms with van der Waals surface area (Å²) in [7, 11) is 3.85. The number of hydrogen-bond donors (Lipinski definition) is 1. The molecule has 1 fully saturated rings. The van der Waals surface area contributed by atoms with Crippen LogP contribution in [0.1, 0.15) is 21.6 Å². The average molecular weight is 470 g/mol. The lowest BCUT2D eigenvalue weighted by Gasteiger charge is -2.28. The largest absolute Gasteiger partial charge is 0.433 e. The van der Waals surface area contributed by atoms with Crippen LogP contribution in [0.3, 0.4) is 0 Å². The third-order valence-corrected chi connectivity index (χ3v) is 5.66. The average Bonchev–Trinajstić information content (AvgIpc) is 2.77. The van der Waals surface area contributed by atoms with Crippen molar-refractivity contribution in [2.45, 2.75) is 17.1 Å². The number of alkyl halides is 3. The molecule has 0 spiro atoms. The number of halogens is 3. The molecule has 0 atom stereocenters. The summed E-state index contributed by atoms with van der Waals surface area (Å²) in [6.45, 7) is 3.14. The molecule has 32 heavy (non-hydrogen) atoms. The van der Waals surface area contributed by atoms with E-state index in [1.165, 1.54) is 0 Å². The Bertz CT molecular complexity index is 903. The van der Waals surface area contributed by atoms with E-state index in [0.717, 1.165) is 29.9 Å². The van der Waals surface area contributed by atoms with Gasteiger partial charge in [-0.2, -0.15) is 13.2 Å². The van der Waals surface area contributed by atoms with Gasteiger partial charge in [0.1, 0.15) is 5.82 Å². The fourth-order valence-electron chi connectivity index (χ4n) is 2.97. The standard InChI is InChI=1S/C21H26F3N5O2S/c1-28(2)8-7-25-19(30)16-5-3-15(4-6-16)14-32-20-26-17(21(22,23)24)13-18(27-20)29-9-11-31-12-10-29/h3-6,13H,7-12,14H2,1-2H3,(H,25,30). The molecular weight excluding hydrogens is 443 g/mol. The van der Waals surface area contributed by atoms with Gasteiger partial charge in [-0.25, -0.2) is 9.97 Å². The van der Waals surface area contributed by atoms with Crippen molar-refractivity contribution in [1.29, 1.82) is 0 Å². The number of morpholine rings is 1. The Balaban J connectivity index is 1.66. The SMILES string of the molecule is CN(C)CCNC(=O)c1ccc(CSc2nc(N3CCOCC3)cc(C(F)(F)F)n2)cc1. The minimum absolute atomic E-state index is 0.0619. The smallest absolute Gasteiger partial charge is 0.378 e. The van der Waals surface area contributed by atoms with Crippen molar-refractivity contribution in [2.24, 2.45) is 0 Å². The molecule has 7 nitrogen and oxygen atoms in total. The van der Waals surface area contributed by atoms with Crippen molar-refractivity contribution in [3.05, 3.63) is 47.2 Å². The second-order valence-corrected chi connectivity index (χ2v) is 8.48. The zero-order valence-corrected chi connectivity index (χ0v) is 18.8. The third kappa shape index (κ3) is 7.07. The molecule has 0 aliphatic carbocycles. The van der Waals surface area contributed by atoms with Crippen molar-refractivity contribution in [2.75, 3.05) is 58.4 Å². The van der Waals surface area contributed by atoms with Gasteiger partial charge in [0.25, 0.3) is 5.91 Å². The second-order valence-electron chi connectivity index (χ2n) is 7.54. The quantitative estimate of drug-likeness (QED) is 0.471. The van der Waals surface area contributed by atoms with Crippen LogP contribution in [0.25, 0.3) is 0 Å². The summed E-state index contributed by atoms with van der Waals surface area (Å²) in [4.78, 5) is 23.9. The summed E-state index contributed by atoms with van der Waals surface area (Å²) in [5.41, 5.74) is 0.428. The van der Waals surface area contributed by atoms with Gasteiger partial charge >= 0.3 is 6.18 Å². The lowest BCUT2D eigenvalue weighted by molar-refractivity contribution is -0.141. The minimum Gasteiger partial charge on any atom is -0.378 e. The van der Waals surface area contributed by atoms with Crippen molar-refractivity contribution in [1.82, 2.24) is 20.2 Å². The zero-order chi connectivity index (χ0) is 23.1. The highest BCUT2D eigenvalue weighted by atomic mass is 32.2. The number of benzene rings is 1. The monoisotopic (exact) mass is 469 g/mol. The summed E-state index contributed by atoms with van der Waals surface area (Å²) in [6, 6.07) is 7.95. The van der Waals surface area contributed by atoms with E-state index in [-0.39, 0.29) is 16.9 Å². The van der Waals surface area contributed by atoms with E-state index in [4.69, 9.17) is 4.74 Å². The maximum atomic E-state index is 13.3. The molecule has 11 heteroatoms. The first kappa shape index (κ1) is 24.3. The summed E-state index contributed by atoms with van der Waals surface area (Å²) < 4.78 is 45.3. The highest BCUT2D eigenvalue weighted by molar-refractivity contribution is 7.98. The Labute approximate surface area is 189 Å². The number of aromatic nitrogens is 2. The topological polar surface area (TPSA) is 70.6 Å². The normalized spacial score (nSPS) is 14.6. The van der Waals surface area contributed by atoms with Crippen molar-refractivity contribution in [3.8, 4) is 0 Å². The lowest BCUT2D eigenvalue weighted by Crippen LogP contribution is -2.37. The van der Waals surface area contributed by atoms with Crippen LogP contribution in [0.5, 0.6) is 0 Å². The Morgan fingerprint density at radius 3 is 2.50 bits per heavy atom. The predicted molar refractivity (Wildman–Crippen MR) is 117 cm³/mol. The Morgan fingerprint density at radius 1 is 1.19 bits per heavy atom. The molecule has 0 bridgehead atoms. The molecule has 3 rings (SSSR count). The van der Waals surface area contributed by atoms with E-state index >= 15 is 0 Å². The summed E-state index contributed by atoms with van der Waals surface area (Å²) in [5.74, 6) is 0.470. The van der Waals surface area contributed by atoms with Crippen LogP contribution in [-0.4, -0.2) is 74.3 Å². The highest BCUT2D eigenvalue weighted by Gasteiger charge is 2.34. The maximum absolute atomic E-state index is 13.3. The van der Waals surface area contributed by atoms with Crippen LogP contribution in [0.15, 0.2) is 35.5 Å². The predicted octanol–water partition coefficient (Wildman–Crippen LogP) is 2.92. The van der Waals surface area contributed by atoms with Crippen LogP contribution >= 0.6 is 11.8 Å². The number of thioether (sulfide) groups is 1. The fraction of sp³-hybridized carbons (Fsp3) is 0.476. The Morgan fingerprint density at radius 2 is 1.88 bits per heavy atom. The summed E-state index contributed by atoms with van der Waals surface area (Å²) in [6.07, 6.45) is -4.55. The molecule has 1 aliphatic rings. The molecular formula is C21H26F3N5O2S. The molecule has 0 radical (unpaired) electrons. The van der Waals surface area contributed by atoms with Gasteiger partial charge in [0, 0.05) is 43.6 Å². The Kier molecular flexibility index (Phi) is 8.32. The van der Waals surface area contributed by atoms with E-state index < -0.39 is 11.9 Å². The number of ether oxygens (including phenoxy) is 1. The first-order valence-electron chi connectivity index (χ1n) is 10.2. The lowest BCUT2D eigenvalue weighted by atomic mass is 10.1. The molecule has 1 aromatic heterocycles. The molecule has 0 saturated carbocycles. The number of nitrogens with one attached hydrogen (secondary N) is 1. The van der Waals surface area contributed by atoms with Crippen molar-refractivity contribution >= 4 is 23.5 Å². The van der Waals surface area contributed by atoms with E-state index in [1.54, 1.807) is 29.2 Å². The van der Waals surface area contributed by atoms with Gasteiger partial charge in [-0.1, -0.05) is 23.9 Å². The van der Waals surface area contributed by atoms with E-state index in [9.17, 15) is 18.0 Å². The number of hydrogen-bond acceptors (Lipinski definition) is 7. The molecule has 1 saturated heterocycles. The first-order chi connectivity index (χ1) is 15.2. The van der Waals surface area contributed by atoms with Crippen LogP contribution in [0.4, 0.5) is 19.0 Å². The number of likely N-dealkylation sites (N-methyl/N-ethyl adjacent to an activating group) is 1. The number of anilines is 1. The van der Waals surface area contributed by atoms with Crippen LogP contribution < -0.4 is 10.2 Å². The molecule has 1 N–H and O–H groups in total. The number of amides is 1. The van der Waals surface area contributed by atoms with Gasteiger partial charge in [0.05, 0.1) is 13.2 Å². The summed E-state index contributed by atoms with van der Waals surface area (Å²) in [5, 5.41) is 2.90. The van der Waals surface area contributed by atoms with Gasteiger partial charge in [0.2, 0.25) is 0 Å². The molecule has 1 amide bonds. The van der Waals surface area contributed by atoms with Gasteiger partial charge in [-0.15, -0.1) is 0 Å². The van der Waals surface area contributed by atoms with Crippen LogP contribution in [-0.2, 0) is 16.7 Å². The zero-order valence-electron chi connectivity index (χ0n) is 18.0. The maximum Gasteiger partial charge on any atom is 0.433 e. The van der Waals surface area contributed by atoms with E-state index in [0.29, 0.717) is 44.2 Å². The molecule has 1 aromatic carbocycles. The van der Waals surface area contributed by atoms with E-state index in [2.05, 4.69) is 15.3 Å². The minimum atomic E-state index is -4.55. The molecule has 1 aliphatic heterocycles. The van der Waals surface area contributed by atoms with E-state index in [1.807, 2.05) is 19.0 Å². The number of carbonyl (C=O) groups is 1. The molecule has 2 aromatic rings. The first-order valence-corrected chi connectivity index (χ1v) is 11.1. The van der Waals surface area contributed by atoms with Gasteiger partial charge in [-0.3, -0.25) is 4.79 Å². The van der Waals surface area contributed by atoms with Gasteiger partial charge in [-0.05, 0) is 31.8 Å². The van der Waals surface area contributed by atoms with Gasteiger partial charge in [0.15, 0.2) is 10.9 Å².